The zero-order chi connectivity index (χ0) is 31.8. The second-order valence-corrected chi connectivity index (χ2v) is 16.1. The van der Waals surface area contributed by atoms with Crippen LogP contribution >= 0.6 is 13.4 Å². The first-order chi connectivity index (χ1) is 21.3. The molecule has 0 radical (unpaired) electrons. The number of ether oxygens (including phenoxy) is 2. The van der Waals surface area contributed by atoms with E-state index in [1.165, 1.54) is 21.8 Å². The number of aliphatic hydroxyl groups is 2. The third-order valence-electron chi connectivity index (χ3n) is 7.58. The van der Waals surface area contributed by atoms with Crippen molar-refractivity contribution in [3.63, 3.8) is 0 Å². The highest BCUT2D eigenvalue weighted by Gasteiger charge is 2.52. The molecule has 45 heavy (non-hydrogen) atoms. The summed E-state index contributed by atoms with van der Waals surface area (Å²) in [5.41, 5.74) is 12.9. The monoisotopic (exact) mass is 703 g/mol. The molecule has 4 aromatic rings. The quantitative estimate of drug-likeness (QED) is 0.144. The van der Waals surface area contributed by atoms with Crippen molar-refractivity contribution < 1.29 is 47.6 Å². The first-order valence-corrected chi connectivity index (χ1v) is 18.5. The van der Waals surface area contributed by atoms with Gasteiger partial charge in [-0.2, -0.15) is 0 Å². The van der Waals surface area contributed by atoms with E-state index in [9.17, 15) is 20.0 Å². The molecule has 0 aliphatic carbocycles. The van der Waals surface area contributed by atoms with Gasteiger partial charge >= 0.3 is 13.4 Å². The average Bonchev–Trinajstić information content (AvgIpc) is 3.72. The summed E-state index contributed by atoms with van der Waals surface area (Å²) in [6.45, 7) is -7.58. The fourth-order valence-electron chi connectivity index (χ4n) is 5.54. The molecule has 2 bridgehead atoms. The van der Waals surface area contributed by atoms with Crippen molar-refractivity contribution in [2.75, 3.05) is 24.7 Å². The standard InChI is InChI=1S/C22H27N9O10P2S2/c1-8-28-17(23)9-2-3-30(19(9)29-8)21-14(33)15-11(39-21)5-37-43(35,45)41-16-13(32)10(4-36-42(34,44)40-15)38-22(16)31-7-27-12-18(24)25-6-26-20(12)31/h2-3,6-7,10-11,13-16,21-22,32-33H,4-5H2,1H3,(H,34,44)(H,35,45)(H2,23,28,29)(H2,24,25,26)/t10-,11-,13-,14-,15-,16-,21-,22-,42?,43?/m1/s1. The molecule has 4 aromatic heterocycles. The zero-order valence-corrected chi connectivity index (χ0v) is 26.5. The molecule has 7 heterocycles. The highest BCUT2D eigenvalue weighted by Crippen LogP contribution is 2.54. The number of aliphatic hydroxyl groups excluding tert-OH is 2. The van der Waals surface area contributed by atoms with Gasteiger partial charge in [0.15, 0.2) is 23.9 Å². The molecule has 7 rings (SSSR count). The molecule has 0 saturated carbocycles. The second kappa shape index (κ2) is 11.4. The van der Waals surface area contributed by atoms with Gasteiger partial charge in [0.25, 0.3) is 0 Å². The van der Waals surface area contributed by atoms with E-state index in [0.29, 0.717) is 16.9 Å². The number of aryl methyl sites for hydroxylation is 1. The van der Waals surface area contributed by atoms with Crippen molar-refractivity contribution in [2.24, 2.45) is 0 Å². The minimum atomic E-state index is -4.16. The number of anilines is 2. The molecule has 3 aliphatic heterocycles. The molecule has 3 fully saturated rings. The van der Waals surface area contributed by atoms with Crippen LogP contribution in [0.2, 0.25) is 0 Å². The maximum atomic E-state index is 11.4. The van der Waals surface area contributed by atoms with Crippen LogP contribution < -0.4 is 11.5 Å². The Morgan fingerprint density at radius 2 is 1.53 bits per heavy atom. The lowest BCUT2D eigenvalue weighted by atomic mass is 10.1. The molecule has 10 atom stereocenters. The van der Waals surface area contributed by atoms with Gasteiger partial charge in [-0.3, -0.25) is 13.6 Å². The number of hydrogen-bond donors (Lipinski definition) is 6. The SMILES string of the molecule is Cc1nc(N)c2ccn([C@@H]3O[C@@H]4COP(O)(=S)O[C@@H]5[C@H](O)[C@@H](COP(O)(=S)O[C@H]4[C@H]3O)O[C@H]5n3cnc4c(N)ncnc43)c2n1. The summed E-state index contributed by atoms with van der Waals surface area (Å²) >= 11 is 10.6. The van der Waals surface area contributed by atoms with E-state index in [1.54, 1.807) is 19.2 Å². The maximum absolute atomic E-state index is 11.4. The predicted octanol–water partition coefficient (Wildman–Crippen LogP) is -0.489. The molecule has 3 aliphatic rings. The minimum absolute atomic E-state index is 0.107. The highest BCUT2D eigenvalue weighted by atomic mass is 32.5. The molecule has 3 saturated heterocycles. The minimum Gasteiger partial charge on any atom is -0.387 e. The van der Waals surface area contributed by atoms with Crippen LogP contribution in [0.25, 0.3) is 22.2 Å². The Labute approximate surface area is 263 Å². The molecular formula is C22H27N9O10P2S2. The van der Waals surface area contributed by atoms with E-state index in [0.717, 1.165) is 0 Å². The van der Waals surface area contributed by atoms with Gasteiger partial charge in [-0.15, -0.1) is 0 Å². The summed E-state index contributed by atoms with van der Waals surface area (Å²) in [5, 5.41) is 23.1. The Bertz CT molecular complexity index is 1880. The summed E-state index contributed by atoms with van der Waals surface area (Å²) in [5.74, 6) is 0.736. The number of rotatable bonds is 2. The van der Waals surface area contributed by atoms with Gasteiger partial charge in [-0.25, -0.2) is 24.9 Å². The lowest BCUT2D eigenvalue weighted by molar-refractivity contribution is -0.0606. The number of nitrogens with two attached hydrogens (primary N) is 2. The van der Waals surface area contributed by atoms with Gasteiger partial charge in [0.1, 0.15) is 65.8 Å². The van der Waals surface area contributed by atoms with E-state index < -0.39 is 75.7 Å². The van der Waals surface area contributed by atoms with Gasteiger partial charge in [-0.1, -0.05) is 0 Å². The van der Waals surface area contributed by atoms with Crippen molar-refractivity contribution in [3.05, 3.63) is 30.7 Å². The van der Waals surface area contributed by atoms with Crippen LogP contribution in [0.3, 0.4) is 0 Å². The van der Waals surface area contributed by atoms with Gasteiger partial charge < -0.3 is 54.6 Å². The summed E-state index contributed by atoms with van der Waals surface area (Å²) in [4.78, 5) is 43.1. The lowest BCUT2D eigenvalue weighted by Gasteiger charge is -2.28. The number of nitrogen functional groups attached to an aromatic ring is 2. The molecule has 8 N–H and O–H groups in total. The first kappa shape index (κ1) is 31.3. The number of hydrogen-bond acceptors (Lipinski definition) is 17. The summed E-state index contributed by atoms with van der Waals surface area (Å²) in [6.07, 6.45) is -5.99. The number of aromatic nitrogens is 7. The van der Waals surface area contributed by atoms with E-state index in [4.69, 9.17) is 62.6 Å². The van der Waals surface area contributed by atoms with E-state index in [-0.39, 0.29) is 22.8 Å². The zero-order valence-electron chi connectivity index (χ0n) is 23.1. The highest BCUT2D eigenvalue weighted by molar-refractivity contribution is 8.07. The Hall–Kier alpha value is -2.33. The smallest absolute Gasteiger partial charge is 0.325 e. The Morgan fingerprint density at radius 3 is 2.29 bits per heavy atom. The molecule has 19 nitrogen and oxygen atoms in total. The fraction of sp³-hybridized carbons (Fsp3) is 0.500. The Morgan fingerprint density at radius 1 is 0.844 bits per heavy atom. The van der Waals surface area contributed by atoms with Crippen LogP contribution in [0.15, 0.2) is 24.9 Å². The van der Waals surface area contributed by atoms with Crippen LogP contribution in [0, 0.1) is 6.92 Å². The van der Waals surface area contributed by atoms with Crippen LogP contribution in [0.1, 0.15) is 18.3 Å². The Kier molecular flexibility index (Phi) is 7.94. The van der Waals surface area contributed by atoms with Gasteiger partial charge in [0.2, 0.25) is 0 Å². The van der Waals surface area contributed by atoms with E-state index in [2.05, 4.69) is 24.9 Å². The molecule has 0 aromatic carbocycles. The van der Waals surface area contributed by atoms with E-state index >= 15 is 0 Å². The van der Waals surface area contributed by atoms with Crippen LogP contribution in [-0.2, 0) is 51.2 Å². The summed E-state index contributed by atoms with van der Waals surface area (Å²) in [7, 11) is 0. The molecule has 2 unspecified atom stereocenters. The van der Waals surface area contributed by atoms with Crippen molar-refractivity contribution in [1.29, 1.82) is 0 Å². The van der Waals surface area contributed by atoms with Crippen molar-refractivity contribution in [2.45, 2.75) is 56.0 Å². The number of nitrogens with zero attached hydrogens (tertiary/aromatic N) is 7. The topological polar surface area (TPSA) is 263 Å². The van der Waals surface area contributed by atoms with E-state index in [1.807, 2.05) is 0 Å². The van der Waals surface area contributed by atoms with Gasteiger partial charge in [-0.05, 0) is 36.6 Å². The van der Waals surface area contributed by atoms with Crippen molar-refractivity contribution in [1.82, 2.24) is 34.1 Å². The van der Waals surface area contributed by atoms with Crippen molar-refractivity contribution >= 4 is 70.9 Å². The molecule has 23 heteroatoms. The maximum Gasteiger partial charge on any atom is 0.325 e. The first-order valence-electron chi connectivity index (χ1n) is 13.3. The summed E-state index contributed by atoms with van der Waals surface area (Å²) in [6, 6.07) is 1.66. The third kappa shape index (κ3) is 5.66. The van der Waals surface area contributed by atoms with Gasteiger partial charge in [0, 0.05) is 6.20 Å². The number of imidazole rings is 1. The van der Waals surface area contributed by atoms with Crippen LogP contribution in [0.5, 0.6) is 0 Å². The fourth-order valence-corrected chi connectivity index (χ4v) is 8.40. The molecular weight excluding hydrogens is 676 g/mol. The average molecular weight is 704 g/mol. The second-order valence-electron chi connectivity index (χ2n) is 10.5. The van der Waals surface area contributed by atoms with Crippen molar-refractivity contribution in [3.8, 4) is 0 Å². The largest absolute Gasteiger partial charge is 0.387 e. The molecule has 0 amide bonds. The van der Waals surface area contributed by atoms with Crippen LogP contribution in [-0.4, -0.2) is 104 Å². The molecule has 242 valence electrons. The lowest BCUT2D eigenvalue weighted by Crippen LogP contribution is -2.36. The number of fused-ring (bicyclic) bond motifs is 5. The van der Waals surface area contributed by atoms with Crippen LogP contribution in [0.4, 0.5) is 11.6 Å². The third-order valence-corrected chi connectivity index (χ3v) is 10.7. The molecule has 0 spiro atoms. The van der Waals surface area contributed by atoms with Gasteiger partial charge in [0.05, 0.1) is 24.9 Å². The summed E-state index contributed by atoms with van der Waals surface area (Å²) < 4.78 is 37.9. The Balaban J connectivity index is 1.20. The predicted molar refractivity (Wildman–Crippen MR) is 161 cm³/mol. The normalized spacial score (nSPS) is 37.7.